The van der Waals surface area contributed by atoms with Crippen LogP contribution in [0, 0.1) is 0 Å². The summed E-state index contributed by atoms with van der Waals surface area (Å²) in [4.78, 5) is 12.7. The maximum Gasteiger partial charge on any atom is 0.200 e. The third-order valence-corrected chi connectivity index (χ3v) is 3.63. The zero-order valence-corrected chi connectivity index (χ0v) is 13.5. The summed E-state index contributed by atoms with van der Waals surface area (Å²) in [5.41, 5.74) is 1.45. The molecule has 0 saturated carbocycles. The highest BCUT2D eigenvalue weighted by Crippen LogP contribution is 2.24. The van der Waals surface area contributed by atoms with Gasteiger partial charge in [0.1, 0.15) is 36.6 Å². The fourth-order valence-corrected chi connectivity index (χ4v) is 2.46. The van der Waals surface area contributed by atoms with E-state index < -0.39 is 0 Å². The summed E-state index contributed by atoms with van der Waals surface area (Å²) >= 11 is 0. The summed E-state index contributed by atoms with van der Waals surface area (Å²) in [6.07, 6.45) is 1.42. The molecule has 0 bridgehead atoms. The number of rotatable bonds is 7. The third-order valence-electron chi connectivity index (χ3n) is 3.63. The molecule has 2 N–H and O–H groups in total. The standard InChI is InChI=1S/C19H18O6/c20-7-9-23-14-3-1-13(2-4-14)17-12-25-18-11-15(24-10-8-21)5-6-16(18)19(17)22/h1-6,11-12,20-21H,7-10H2. The molecule has 0 aliphatic carbocycles. The van der Waals surface area contributed by atoms with E-state index in [0.717, 1.165) is 0 Å². The van der Waals surface area contributed by atoms with Crippen LogP contribution in [0.3, 0.4) is 0 Å². The Kier molecular flexibility index (Phi) is 5.33. The molecule has 6 nitrogen and oxygen atoms in total. The molecule has 1 heterocycles. The van der Waals surface area contributed by atoms with Gasteiger partial charge in [0.25, 0.3) is 0 Å². The molecule has 1 aromatic heterocycles. The third kappa shape index (κ3) is 3.81. The molecular formula is C19H18O6. The molecule has 0 aliphatic rings. The Morgan fingerprint density at radius 1 is 0.880 bits per heavy atom. The zero-order valence-electron chi connectivity index (χ0n) is 13.5. The first kappa shape index (κ1) is 17.0. The lowest BCUT2D eigenvalue weighted by atomic mass is 10.1. The van der Waals surface area contributed by atoms with Gasteiger partial charge in [0.05, 0.1) is 24.2 Å². The van der Waals surface area contributed by atoms with Gasteiger partial charge >= 0.3 is 0 Å². The first-order valence-electron chi connectivity index (χ1n) is 7.86. The highest BCUT2D eigenvalue weighted by molar-refractivity contribution is 5.82. The molecule has 0 radical (unpaired) electrons. The van der Waals surface area contributed by atoms with Crippen molar-refractivity contribution in [2.45, 2.75) is 0 Å². The van der Waals surface area contributed by atoms with Crippen molar-refractivity contribution in [1.82, 2.24) is 0 Å². The van der Waals surface area contributed by atoms with Crippen molar-refractivity contribution in [2.24, 2.45) is 0 Å². The molecule has 2 aromatic carbocycles. The monoisotopic (exact) mass is 342 g/mol. The largest absolute Gasteiger partial charge is 0.491 e. The summed E-state index contributed by atoms with van der Waals surface area (Å²) in [6.45, 7) is 0.260. The summed E-state index contributed by atoms with van der Waals surface area (Å²) in [6, 6.07) is 12.0. The molecule has 0 saturated heterocycles. The van der Waals surface area contributed by atoms with Crippen molar-refractivity contribution in [3.8, 4) is 22.6 Å². The minimum Gasteiger partial charge on any atom is -0.491 e. The molecule has 0 unspecified atom stereocenters. The smallest absolute Gasteiger partial charge is 0.200 e. The average molecular weight is 342 g/mol. The highest BCUT2D eigenvalue weighted by Gasteiger charge is 2.10. The van der Waals surface area contributed by atoms with E-state index in [1.807, 2.05) is 0 Å². The number of aliphatic hydroxyl groups excluding tert-OH is 2. The first-order chi connectivity index (χ1) is 12.2. The van der Waals surface area contributed by atoms with Crippen LogP contribution in [0.5, 0.6) is 11.5 Å². The molecule has 6 heteroatoms. The Morgan fingerprint density at radius 3 is 2.20 bits per heavy atom. The van der Waals surface area contributed by atoms with E-state index in [2.05, 4.69) is 0 Å². The molecule has 3 aromatic rings. The Labute approximate surface area is 143 Å². The quantitative estimate of drug-likeness (QED) is 0.684. The molecule has 25 heavy (non-hydrogen) atoms. The van der Waals surface area contributed by atoms with Crippen molar-refractivity contribution < 1.29 is 24.1 Å². The van der Waals surface area contributed by atoms with Gasteiger partial charge in [-0.05, 0) is 29.8 Å². The van der Waals surface area contributed by atoms with Gasteiger partial charge in [0.2, 0.25) is 0 Å². The average Bonchev–Trinajstić information content (AvgIpc) is 2.65. The summed E-state index contributed by atoms with van der Waals surface area (Å²) in [5, 5.41) is 18.0. The second kappa shape index (κ2) is 7.83. The van der Waals surface area contributed by atoms with E-state index in [1.165, 1.54) is 6.26 Å². The zero-order chi connectivity index (χ0) is 17.6. The molecule has 0 amide bonds. The van der Waals surface area contributed by atoms with Crippen LogP contribution < -0.4 is 14.9 Å². The summed E-state index contributed by atoms with van der Waals surface area (Å²) in [7, 11) is 0. The van der Waals surface area contributed by atoms with Crippen LogP contribution in [0.2, 0.25) is 0 Å². The van der Waals surface area contributed by atoms with Gasteiger partial charge in [-0.2, -0.15) is 0 Å². The van der Waals surface area contributed by atoms with Crippen LogP contribution in [0.25, 0.3) is 22.1 Å². The van der Waals surface area contributed by atoms with Gasteiger partial charge in [0.15, 0.2) is 5.43 Å². The minimum atomic E-state index is -0.140. The summed E-state index contributed by atoms with van der Waals surface area (Å²) < 4.78 is 16.2. The molecular weight excluding hydrogens is 324 g/mol. The van der Waals surface area contributed by atoms with E-state index in [0.29, 0.717) is 33.6 Å². The second-order valence-electron chi connectivity index (χ2n) is 5.30. The number of benzene rings is 2. The van der Waals surface area contributed by atoms with Gasteiger partial charge < -0.3 is 24.1 Å². The SMILES string of the molecule is O=c1c(-c2ccc(OCCO)cc2)coc2cc(OCCO)ccc12. The lowest BCUT2D eigenvalue weighted by Crippen LogP contribution is -2.06. The predicted molar refractivity (Wildman–Crippen MR) is 93.1 cm³/mol. The highest BCUT2D eigenvalue weighted by atomic mass is 16.5. The predicted octanol–water partition coefficient (Wildman–Crippen LogP) is 2.20. The Balaban J connectivity index is 1.92. The number of ether oxygens (including phenoxy) is 2. The van der Waals surface area contributed by atoms with Gasteiger partial charge in [-0.15, -0.1) is 0 Å². The van der Waals surface area contributed by atoms with Crippen LogP contribution in [0.15, 0.2) is 57.9 Å². The Bertz CT molecular complexity index is 898. The lowest BCUT2D eigenvalue weighted by Gasteiger charge is -2.07. The molecule has 0 aliphatic heterocycles. The van der Waals surface area contributed by atoms with Gasteiger partial charge in [-0.1, -0.05) is 12.1 Å². The number of fused-ring (bicyclic) bond motifs is 1. The topological polar surface area (TPSA) is 89.1 Å². The lowest BCUT2D eigenvalue weighted by molar-refractivity contribution is 0.201. The maximum atomic E-state index is 12.7. The molecule has 130 valence electrons. The van der Waals surface area contributed by atoms with Crippen LogP contribution in [0.4, 0.5) is 0 Å². The second-order valence-corrected chi connectivity index (χ2v) is 5.30. The van der Waals surface area contributed by atoms with Gasteiger partial charge in [-0.3, -0.25) is 4.79 Å². The van der Waals surface area contributed by atoms with Crippen molar-refractivity contribution in [3.63, 3.8) is 0 Å². The van der Waals surface area contributed by atoms with Crippen molar-refractivity contribution in [3.05, 3.63) is 59.0 Å². The molecule has 0 spiro atoms. The van der Waals surface area contributed by atoms with E-state index in [-0.39, 0.29) is 31.9 Å². The van der Waals surface area contributed by atoms with Crippen LogP contribution in [0.1, 0.15) is 0 Å². The number of hydrogen-bond acceptors (Lipinski definition) is 6. The van der Waals surface area contributed by atoms with Crippen LogP contribution in [-0.4, -0.2) is 36.6 Å². The van der Waals surface area contributed by atoms with E-state index in [1.54, 1.807) is 42.5 Å². The van der Waals surface area contributed by atoms with Crippen LogP contribution >= 0.6 is 0 Å². The van der Waals surface area contributed by atoms with Crippen molar-refractivity contribution in [2.75, 3.05) is 26.4 Å². The van der Waals surface area contributed by atoms with Crippen LogP contribution in [-0.2, 0) is 0 Å². The van der Waals surface area contributed by atoms with Gasteiger partial charge in [0, 0.05) is 6.07 Å². The summed E-state index contributed by atoms with van der Waals surface area (Å²) in [5.74, 6) is 1.15. The van der Waals surface area contributed by atoms with Crippen molar-refractivity contribution >= 4 is 11.0 Å². The molecule has 0 atom stereocenters. The van der Waals surface area contributed by atoms with E-state index >= 15 is 0 Å². The van der Waals surface area contributed by atoms with E-state index in [4.69, 9.17) is 24.1 Å². The Morgan fingerprint density at radius 2 is 1.52 bits per heavy atom. The fourth-order valence-electron chi connectivity index (χ4n) is 2.46. The maximum absolute atomic E-state index is 12.7. The first-order valence-corrected chi connectivity index (χ1v) is 7.86. The molecule has 0 fully saturated rings. The number of hydrogen-bond donors (Lipinski definition) is 2. The van der Waals surface area contributed by atoms with E-state index in [9.17, 15) is 4.79 Å². The Hall–Kier alpha value is -2.83. The normalized spacial score (nSPS) is 10.8. The fraction of sp³-hybridized carbons (Fsp3) is 0.211. The minimum absolute atomic E-state index is 0.0555. The number of aliphatic hydroxyl groups is 2. The van der Waals surface area contributed by atoms with Crippen molar-refractivity contribution in [1.29, 1.82) is 0 Å². The molecule has 3 rings (SSSR count). The van der Waals surface area contributed by atoms with Gasteiger partial charge in [-0.25, -0.2) is 0 Å².